The van der Waals surface area contributed by atoms with Gasteiger partial charge in [0.15, 0.2) is 11.5 Å². The van der Waals surface area contributed by atoms with Gasteiger partial charge < -0.3 is 20.1 Å². The van der Waals surface area contributed by atoms with Gasteiger partial charge in [-0.15, -0.1) is 0 Å². The predicted octanol–water partition coefficient (Wildman–Crippen LogP) is 5.13. The summed E-state index contributed by atoms with van der Waals surface area (Å²) in [5, 5.41) is 5.12. The Kier molecular flexibility index (Phi) is 5.42. The van der Waals surface area contributed by atoms with E-state index in [9.17, 15) is 22.8 Å². The van der Waals surface area contributed by atoms with Crippen molar-refractivity contribution in [2.75, 3.05) is 19.2 Å². The second kappa shape index (κ2) is 8.33. The number of benzene rings is 3. The minimum Gasteiger partial charge on any atom is -0.454 e. The van der Waals surface area contributed by atoms with Crippen molar-refractivity contribution in [2.45, 2.75) is 24.4 Å². The average molecular weight is 482 g/mol. The zero-order valence-corrected chi connectivity index (χ0v) is 18.7. The van der Waals surface area contributed by atoms with Crippen LogP contribution in [0.15, 0.2) is 60.7 Å². The molecule has 0 bridgehead atoms. The van der Waals surface area contributed by atoms with E-state index in [2.05, 4.69) is 10.6 Å². The number of nitrogens with one attached hydrogen (secondary N) is 2. The maximum Gasteiger partial charge on any atom is 0.417 e. The summed E-state index contributed by atoms with van der Waals surface area (Å²) in [6.45, 7) is 0.108. The van der Waals surface area contributed by atoms with Crippen molar-refractivity contribution in [3.05, 3.63) is 77.4 Å². The molecule has 180 valence electrons. The Morgan fingerprint density at radius 2 is 1.71 bits per heavy atom. The third-order valence-corrected chi connectivity index (χ3v) is 6.36. The quantitative estimate of drug-likeness (QED) is 0.529. The van der Waals surface area contributed by atoms with Gasteiger partial charge in [0, 0.05) is 18.3 Å². The highest BCUT2D eigenvalue weighted by Crippen LogP contribution is 2.51. The monoisotopic (exact) mass is 482 g/mol. The summed E-state index contributed by atoms with van der Waals surface area (Å²) < 4.78 is 52.7. The van der Waals surface area contributed by atoms with E-state index in [-0.39, 0.29) is 35.1 Å². The van der Waals surface area contributed by atoms with Crippen molar-refractivity contribution in [2.24, 2.45) is 0 Å². The topological polar surface area (TPSA) is 76.7 Å². The number of alkyl halides is 3. The van der Waals surface area contributed by atoms with Gasteiger partial charge in [0.25, 0.3) is 5.91 Å². The molecule has 5 rings (SSSR count). The number of rotatable bonds is 5. The van der Waals surface area contributed by atoms with Gasteiger partial charge in [0.2, 0.25) is 12.7 Å². The zero-order valence-electron chi connectivity index (χ0n) is 18.7. The zero-order chi connectivity index (χ0) is 24.8. The fraction of sp³-hybridized carbons (Fsp3) is 0.231. The SMILES string of the molecule is CNC(=O)c1cccc(-c2ccc(NC(=O)C3(c4ccc5c(c4)OCO5)CC3)cc2C(F)(F)F)c1. The highest BCUT2D eigenvalue weighted by atomic mass is 19.4. The van der Waals surface area contributed by atoms with Crippen molar-refractivity contribution in [3.63, 3.8) is 0 Å². The van der Waals surface area contributed by atoms with Crippen LogP contribution in [0, 0.1) is 0 Å². The van der Waals surface area contributed by atoms with Crippen LogP contribution >= 0.6 is 0 Å². The van der Waals surface area contributed by atoms with Crippen LogP contribution < -0.4 is 20.1 Å². The highest BCUT2D eigenvalue weighted by Gasteiger charge is 2.51. The fourth-order valence-electron chi connectivity index (χ4n) is 4.30. The summed E-state index contributed by atoms with van der Waals surface area (Å²) in [7, 11) is 1.45. The molecular weight excluding hydrogens is 461 g/mol. The first-order valence-electron chi connectivity index (χ1n) is 11.0. The van der Waals surface area contributed by atoms with E-state index in [1.807, 2.05) is 0 Å². The molecule has 3 aromatic rings. The molecule has 0 radical (unpaired) electrons. The van der Waals surface area contributed by atoms with Crippen molar-refractivity contribution >= 4 is 17.5 Å². The lowest BCUT2D eigenvalue weighted by Gasteiger charge is -2.19. The maximum atomic E-state index is 14.0. The molecule has 0 saturated heterocycles. The average Bonchev–Trinajstić information content (AvgIpc) is 3.54. The largest absolute Gasteiger partial charge is 0.454 e. The Morgan fingerprint density at radius 1 is 0.943 bits per heavy atom. The van der Waals surface area contributed by atoms with Gasteiger partial charge in [0.1, 0.15) is 0 Å². The summed E-state index contributed by atoms with van der Waals surface area (Å²) >= 11 is 0. The minimum atomic E-state index is -4.67. The number of carbonyl (C=O) groups is 2. The standard InChI is InChI=1S/C26H21F3N2O4/c1-30-23(32)16-4-2-3-15(11-16)19-7-6-18(13-20(19)26(27,28)29)31-24(33)25(9-10-25)17-5-8-21-22(12-17)35-14-34-21/h2-8,11-13H,9-10,14H2,1H3,(H,30,32)(H,31,33). The van der Waals surface area contributed by atoms with Gasteiger partial charge in [-0.3, -0.25) is 9.59 Å². The molecule has 1 aliphatic heterocycles. The summed E-state index contributed by atoms with van der Waals surface area (Å²) in [4.78, 5) is 25.1. The Balaban J connectivity index is 1.45. The van der Waals surface area contributed by atoms with Crippen LogP contribution in [-0.4, -0.2) is 25.7 Å². The van der Waals surface area contributed by atoms with E-state index in [4.69, 9.17) is 9.47 Å². The minimum absolute atomic E-state index is 0.0422. The third-order valence-electron chi connectivity index (χ3n) is 6.36. The summed E-state index contributed by atoms with van der Waals surface area (Å²) in [5.41, 5.74) is -0.543. The Bertz CT molecular complexity index is 1330. The van der Waals surface area contributed by atoms with E-state index < -0.39 is 23.1 Å². The summed E-state index contributed by atoms with van der Waals surface area (Å²) in [5.74, 6) is 0.363. The van der Waals surface area contributed by atoms with Crippen LogP contribution in [-0.2, 0) is 16.4 Å². The van der Waals surface area contributed by atoms with Gasteiger partial charge >= 0.3 is 6.18 Å². The second-order valence-corrected chi connectivity index (χ2v) is 8.52. The molecule has 1 fully saturated rings. The Labute approximate surface area is 199 Å². The van der Waals surface area contributed by atoms with Crippen LogP contribution in [0.25, 0.3) is 11.1 Å². The van der Waals surface area contributed by atoms with Gasteiger partial charge in [-0.05, 0) is 65.9 Å². The second-order valence-electron chi connectivity index (χ2n) is 8.52. The van der Waals surface area contributed by atoms with Crippen molar-refractivity contribution in [1.29, 1.82) is 0 Å². The number of halogens is 3. The molecule has 0 spiro atoms. The van der Waals surface area contributed by atoms with Crippen molar-refractivity contribution < 1.29 is 32.2 Å². The Hall–Kier alpha value is -4.01. The third kappa shape index (κ3) is 4.18. The molecule has 6 nitrogen and oxygen atoms in total. The molecule has 35 heavy (non-hydrogen) atoms. The smallest absolute Gasteiger partial charge is 0.417 e. The van der Waals surface area contributed by atoms with E-state index in [0.29, 0.717) is 24.3 Å². The van der Waals surface area contributed by atoms with Gasteiger partial charge in [-0.2, -0.15) is 13.2 Å². The fourth-order valence-corrected chi connectivity index (χ4v) is 4.30. The predicted molar refractivity (Wildman–Crippen MR) is 122 cm³/mol. The lowest BCUT2D eigenvalue weighted by Crippen LogP contribution is -2.28. The van der Waals surface area contributed by atoms with E-state index in [1.165, 1.54) is 43.4 Å². The first kappa shape index (κ1) is 22.8. The summed E-state index contributed by atoms with van der Waals surface area (Å²) in [6.07, 6.45) is -3.52. The first-order valence-corrected chi connectivity index (χ1v) is 11.0. The molecule has 2 amide bonds. The van der Waals surface area contributed by atoms with E-state index >= 15 is 0 Å². The Morgan fingerprint density at radius 3 is 2.43 bits per heavy atom. The number of carbonyl (C=O) groups excluding carboxylic acids is 2. The molecule has 0 aromatic heterocycles. The molecule has 2 aliphatic rings. The van der Waals surface area contributed by atoms with E-state index in [1.54, 1.807) is 18.2 Å². The lowest BCUT2D eigenvalue weighted by molar-refractivity contribution is -0.137. The number of fused-ring (bicyclic) bond motifs is 1. The van der Waals surface area contributed by atoms with Gasteiger partial charge in [-0.1, -0.05) is 24.3 Å². The van der Waals surface area contributed by atoms with Gasteiger partial charge in [-0.25, -0.2) is 0 Å². The van der Waals surface area contributed by atoms with Crippen molar-refractivity contribution in [3.8, 4) is 22.6 Å². The van der Waals surface area contributed by atoms with Crippen LogP contribution in [0.1, 0.15) is 34.3 Å². The van der Waals surface area contributed by atoms with E-state index in [0.717, 1.165) is 11.6 Å². The molecular formula is C26H21F3N2O4. The molecule has 1 aliphatic carbocycles. The van der Waals surface area contributed by atoms with Crippen LogP contribution in [0.5, 0.6) is 11.5 Å². The molecule has 3 aromatic carbocycles. The number of anilines is 1. The molecule has 9 heteroatoms. The lowest BCUT2D eigenvalue weighted by atomic mass is 9.94. The van der Waals surface area contributed by atoms with Gasteiger partial charge in [0.05, 0.1) is 11.0 Å². The summed E-state index contributed by atoms with van der Waals surface area (Å²) in [6, 6.07) is 14.9. The molecule has 1 heterocycles. The van der Waals surface area contributed by atoms with Crippen LogP contribution in [0.3, 0.4) is 0 Å². The number of hydrogen-bond donors (Lipinski definition) is 2. The normalized spacial score (nSPS) is 15.4. The molecule has 0 unspecified atom stereocenters. The highest BCUT2D eigenvalue weighted by molar-refractivity contribution is 6.02. The molecule has 0 atom stereocenters. The number of amides is 2. The van der Waals surface area contributed by atoms with Crippen LogP contribution in [0.4, 0.5) is 18.9 Å². The molecule has 2 N–H and O–H groups in total. The number of ether oxygens (including phenoxy) is 2. The first-order chi connectivity index (χ1) is 16.7. The van der Waals surface area contributed by atoms with Crippen molar-refractivity contribution in [1.82, 2.24) is 5.32 Å². The van der Waals surface area contributed by atoms with Crippen LogP contribution in [0.2, 0.25) is 0 Å². The molecule has 1 saturated carbocycles. The number of hydrogen-bond acceptors (Lipinski definition) is 4. The maximum absolute atomic E-state index is 14.0.